The standard InChI is InChI=1S/Al.B.Ca.H2O3Si.5H/c;;;1-4(2)3;;;;;/h;;;1-2H;;;;;/q;;+2;;;;;2*-1. The van der Waals surface area contributed by atoms with Crippen LogP contribution in [0.25, 0.3) is 0 Å². The van der Waals surface area contributed by atoms with E-state index >= 15 is 0 Å². The summed E-state index contributed by atoms with van der Waals surface area (Å²) in [5, 5.41) is 0. The second kappa shape index (κ2) is 15.6. The first-order valence-electron chi connectivity index (χ1n) is 0.651. The Hall–Kier alpha value is 1.47. The van der Waals surface area contributed by atoms with Crippen LogP contribution >= 0.6 is 0 Å². The van der Waals surface area contributed by atoms with E-state index in [1.165, 1.54) is 0 Å². The molecule has 7 heteroatoms. The summed E-state index contributed by atoms with van der Waals surface area (Å²) in [4.78, 5) is 14.3. The van der Waals surface area contributed by atoms with E-state index in [4.69, 9.17) is 14.1 Å². The second-order valence-electron chi connectivity index (χ2n) is 0.283. The van der Waals surface area contributed by atoms with Crippen molar-refractivity contribution >= 4 is 72.7 Å². The van der Waals surface area contributed by atoms with Crippen LogP contribution in [0.5, 0.6) is 0 Å². The van der Waals surface area contributed by atoms with Gasteiger partial charge >= 0.3 is 46.9 Å². The van der Waals surface area contributed by atoms with Crippen molar-refractivity contribution in [1.29, 1.82) is 0 Å². The molecule has 7 heavy (non-hydrogen) atoms. The molecule has 0 bridgehead atoms. The van der Waals surface area contributed by atoms with Crippen LogP contribution in [-0.2, 0) is 4.46 Å². The van der Waals surface area contributed by atoms with Crippen molar-refractivity contribution in [2.24, 2.45) is 0 Å². The van der Waals surface area contributed by atoms with Gasteiger partial charge in [0.05, 0.1) is 0 Å². The number of rotatable bonds is 0. The molecule has 0 fully saturated rings. The molecule has 0 aromatic rings. The Morgan fingerprint density at radius 3 is 1.43 bits per heavy atom. The molecule has 0 saturated heterocycles. The topological polar surface area (TPSA) is 57.5 Å². The van der Waals surface area contributed by atoms with Crippen LogP contribution in [0.3, 0.4) is 0 Å². The molecule has 0 aliphatic rings. The van der Waals surface area contributed by atoms with E-state index in [9.17, 15) is 0 Å². The van der Waals surface area contributed by atoms with Gasteiger partial charge in [0, 0.05) is 8.41 Å². The summed E-state index contributed by atoms with van der Waals surface area (Å²) in [5.41, 5.74) is 0. The van der Waals surface area contributed by atoms with Crippen molar-refractivity contribution in [2.75, 3.05) is 0 Å². The summed E-state index contributed by atoms with van der Waals surface area (Å²) in [7, 11) is -3.13. The van der Waals surface area contributed by atoms with E-state index in [0.29, 0.717) is 0 Å². The van der Waals surface area contributed by atoms with Crippen molar-refractivity contribution in [1.82, 2.24) is 0 Å². The predicted octanol–water partition coefficient (Wildman–Crippen LogP) is -3.33. The Morgan fingerprint density at radius 2 is 1.43 bits per heavy atom. The first kappa shape index (κ1) is 23.6. The Bertz CT molecular complexity index is 44.8. The molecule has 0 heterocycles. The fourth-order valence-corrected chi connectivity index (χ4v) is 0. The maximum atomic E-state index is 8.74. The van der Waals surface area contributed by atoms with Crippen molar-refractivity contribution in [3.8, 4) is 0 Å². The van der Waals surface area contributed by atoms with Gasteiger partial charge in [0.2, 0.25) is 0 Å². The molecule has 0 aliphatic heterocycles. The molecule has 3 nitrogen and oxygen atoms in total. The molecular formula is H7AlBCaO3Si. The SMILES string of the molecule is O=[Si](O)O.[AlH3].[B].[Ca+2].[H-].[H-]. The van der Waals surface area contributed by atoms with E-state index in [1.807, 2.05) is 0 Å². The number of hydrogen-bond acceptors (Lipinski definition) is 1. The zero-order chi connectivity index (χ0) is 3.58. The van der Waals surface area contributed by atoms with Crippen molar-refractivity contribution in [2.45, 2.75) is 0 Å². The molecule has 0 spiro atoms. The van der Waals surface area contributed by atoms with E-state index in [1.54, 1.807) is 0 Å². The van der Waals surface area contributed by atoms with E-state index in [-0.39, 0.29) is 66.4 Å². The van der Waals surface area contributed by atoms with Gasteiger partial charge in [-0.2, -0.15) is 0 Å². The normalized spacial score (nSPS) is 3.43. The molecule has 0 unspecified atom stereocenters. The van der Waals surface area contributed by atoms with Gasteiger partial charge in [-0.15, -0.1) is 0 Å². The van der Waals surface area contributed by atoms with Crippen LogP contribution in [0.2, 0.25) is 0 Å². The van der Waals surface area contributed by atoms with Crippen LogP contribution in [0.15, 0.2) is 0 Å². The average Bonchev–Trinajstić information content (AvgIpc) is 0.811. The third-order valence-electron chi connectivity index (χ3n) is 0. The zero-order valence-electron chi connectivity index (χ0n) is 5.09. The predicted molar refractivity (Wildman–Crippen MR) is 34.5 cm³/mol. The molecule has 3 radical (unpaired) electrons. The molecule has 0 rings (SSSR count). The maximum absolute atomic E-state index is 8.74. The smallest absolute Gasteiger partial charge is 1.00 e. The fourth-order valence-electron chi connectivity index (χ4n) is 0. The van der Waals surface area contributed by atoms with Gasteiger partial charge < -0.3 is 12.4 Å². The van der Waals surface area contributed by atoms with Crippen molar-refractivity contribution < 1.29 is 16.9 Å². The summed E-state index contributed by atoms with van der Waals surface area (Å²) < 4.78 is 8.74. The molecule has 0 atom stereocenters. The third-order valence-corrected chi connectivity index (χ3v) is 0. The van der Waals surface area contributed by atoms with Gasteiger partial charge in [-0.3, -0.25) is 4.46 Å². The monoisotopic (exact) mass is 161 g/mol. The van der Waals surface area contributed by atoms with Gasteiger partial charge in [-0.25, -0.2) is 0 Å². The summed E-state index contributed by atoms with van der Waals surface area (Å²) in [6.07, 6.45) is 0. The third kappa shape index (κ3) is 103. The Balaban J connectivity index is -0.00000000450. The largest absolute Gasteiger partial charge is 2.00 e. The molecule has 0 aliphatic carbocycles. The molecule has 0 saturated carbocycles. The fraction of sp³-hybridized carbons (Fsp3) is 0. The summed E-state index contributed by atoms with van der Waals surface area (Å²) in [6.45, 7) is 0. The molecule has 2 N–H and O–H groups in total. The van der Waals surface area contributed by atoms with Crippen molar-refractivity contribution in [3.05, 3.63) is 0 Å². The van der Waals surface area contributed by atoms with Crippen LogP contribution < -0.4 is 0 Å². The Kier molecular flexibility index (Phi) is 52.9. The molecular weight excluding hydrogens is 154 g/mol. The minimum absolute atomic E-state index is 0. The van der Waals surface area contributed by atoms with Crippen LogP contribution in [0, 0.1) is 0 Å². The summed E-state index contributed by atoms with van der Waals surface area (Å²) >= 11 is 0. The minimum atomic E-state index is -3.13. The van der Waals surface area contributed by atoms with Gasteiger partial charge in [0.25, 0.3) is 0 Å². The first-order chi connectivity index (χ1) is 1.73. The van der Waals surface area contributed by atoms with Gasteiger partial charge in [-0.1, -0.05) is 0 Å². The summed E-state index contributed by atoms with van der Waals surface area (Å²) in [6, 6.07) is 0. The van der Waals surface area contributed by atoms with E-state index in [2.05, 4.69) is 0 Å². The minimum Gasteiger partial charge on any atom is -1.00 e. The maximum Gasteiger partial charge on any atom is 2.00 e. The van der Waals surface area contributed by atoms with Gasteiger partial charge in [0.1, 0.15) is 0 Å². The quantitative estimate of drug-likeness (QED) is 0.365. The Morgan fingerprint density at radius 1 is 1.43 bits per heavy atom. The van der Waals surface area contributed by atoms with Gasteiger partial charge in [-0.05, 0) is 0 Å². The molecule has 37 valence electrons. The van der Waals surface area contributed by atoms with Crippen LogP contribution in [-0.4, -0.2) is 82.3 Å². The van der Waals surface area contributed by atoms with E-state index in [0.717, 1.165) is 0 Å². The first-order valence-corrected chi connectivity index (χ1v) is 1.95. The van der Waals surface area contributed by atoms with E-state index < -0.39 is 9.17 Å². The average molecular weight is 161 g/mol. The second-order valence-corrected chi connectivity index (χ2v) is 0.848. The molecule has 0 aromatic carbocycles. The number of hydrogen-bond donors (Lipinski definition) is 2. The molecule has 0 aromatic heterocycles. The van der Waals surface area contributed by atoms with Crippen LogP contribution in [0.1, 0.15) is 2.85 Å². The summed E-state index contributed by atoms with van der Waals surface area (Å²) in [5.74, 6) is 0. The molecule has 0 amide bonds. The van der Waals surface area contributed by atoms with Crippen LogP contribution in [0.4, 0.5) is 0 Å². The Labute approximate surface area is 88.7 Å². The van der Waals surface area contributed by atoms with Gasteiger partial charge in [0.15, 0.2) is 17.4 Å². The van der Waals surface area contributed by atoms with Crippen molar-refractivity contribution in [3.63, 3.8) is 0 Å². The zero-order valence-corrected chi connectivity index (χ0v) is 6.30.